The first-order valence-corrected chi connectivity index (χ1v) is 10.1. The highest BCUT2D eigenvalue weighted by atomic mass is 79.9. The minimum Gasteiger partial charge on any atom is -0.383 e. The lowest BCUT2D eigenvalue weighted by Gasteiger charge is -2.15. The van der Waals surface area contributed by atoms with Crippen molar-refractivity contribution in [1.82, 2.24) is 34.7 Å². The van der Waals surface area contributed by atoms with Crippen molar-refractivity contribution in [3.05, 3.63) is 35.1 Å². The number of aromatic nitrogens is 6. The zero-order valence-corrected chi connectivity index (χ0v) is 18.3. The number of amides is 1. The van der Waals surface area contributed by atoms with E-state index >= 15 is 0 Å². The topological polar surface area (TPSA) is 111 Å². The fourth-order valence-electron chi connectivity index (χ4n) is 3.04. The van der Waals surface area contributed by atoms with Gasteiger partial charge in [-0.3, -0.25) is 9.48 Å². The Morgan fingerprint density at radius 2 is 2.17 bits per heavy atom. The lowest BCUT2D eigenvalue weighted by atomic mass is 10.2. The smallest absolute Gasteiger partial charge is 0.242 e. The van der Waals surface area contributed by atoms with Crippen molar-refractivity contribution in [1.29, 1.82) is 0 Å². The Bertz CT molecular complexity index is 1220. The van der Waals surface area contributed by atoms with E-state index < -0.39 is 6.04 Å². The molecule has 0 aliphatic heterocycles. The molecule has 11 heteroatoms. The van der Waals surface area contributed by atoms with Crippen LogP contribution in [0.3, 0.4) is 0 Å². The van der Waals surface area contributed by atoms with E-state index in [1.54, 1.807) is 29.4 Å². The van der Waals surface area contributed by atoms with Gasteiger partial charge in [0, 0.05) is 36.8 Å². The van der Waals surface area contributed by atoms with Crippen LogP contribution in [0.2, 0.25) is 0 Å². The predicted molar refractivity (Wildman–Crippen MR) is 116 cm³/mol. The summed E-state index contributed by atoms with van der Waals surface area (Å²) >= 11 is 3.55. The van der Waals surface area contributed by atoms with E-state index in [0.717, 1.165) is 20.9 Å². The molecule has 1 atom stereocenters. The Morgan fingerprint density at radius 3 is 2.90 bits per heavy atom. The monoisotopic (exact) mass is 472 g/mol. The molecule has 0 saturated heterocycles. The van der Waals surface area contributed by atoms with Gasteiger partial charge in [0.15, 0.2) is 11.5 Å². The Hall–Kier alpha value is -3.05. The molecule has 3 aromatic heterocycles. The number of benzene rings is 1. The summed E-state index contributed by atoms with van der Waals surface area (Å²) in [7, 11) is 3.43. The van der Waals surface area contributed by atoms with Gasteiger partial charge in [-0.2, -0.15) is 9.61 Å². The number of aryl methyl sites for hydroxylation is 1. The maximum Gasteiger partial charge on any atom is 0.242 e. The molecule has 4 aromatic rings. The Labute approximate surface area is 180 Å². The van der Waals surface area contributed by atoms with E-state index in [4.69, 9.17) is 14.7 Å². The second kappa shape index (κ2) is 8.36. The van der Waals surface area contributed by atoms with Gasteiger partial charge in [0.1, 0.15) is 6.04 Å². The zero-order chi connectivity index (χ0) is 21.3. The molecule has 0 spiro atoms. The van der Waals surface area contributed by atoms with Crippen molar-refractivity contribution >= 4 is 44.3 Å². The van der Waals surface area contributed by atoms with Crippen LogP contribution in [0, 0.1) is 0 Å². The normalized spacial score (nSPS) is 12.4. The van der Waals surface area contributed by atoms with Crippen LogP contribution >= 0.6 is 15.9 Å². The minimum absolute atomic E-state index is 0.165. The third-order valence-corrected chi connectivity index (χ3v) is 5.20. The number of methoxy groups -OCH3 is 1. The molecule has 0 fully saturated rings. The number of fused-ring (bicyclic) bond motifs is 3. The van der Waals surface area contributed by atoms with Gasteiger partial charge in [0.05, 0.1) is 23.9 Å². The van der Waals surface area contributed by atoms with Crippen LogP contribution in [-0.2, 0) is 16.6 Å². The van der Waals surface area contributed by atoms with Crippen LogP contribution in [0.25, 0.3) is 27.9 Å². The predicted octanol–water partition coefficient (Wildman–Crippen LogP) is 2.00. The van der Waals surface area contributed by atoms with Crippen molar-refractivity contribution in [2.75, 3.05) is 25.6 Å². The first kappa shape index (κ1) is 20.2. The van der Waals surface area contributed by atoms with Crippen LogP contribution in [0.5, 0.6) is 0 Å². The number of carbonyl (C=O) groups is 1. The number of hydrogen-bond donors (Lipinski definition) is 2. The number of anilines is 1. The molecule has 10 nitrogen and oxygen atoms in total. The third-order valence-electron chi connectivity index (χ3n) is 4.56. The number of rotatable bonds is 7. The summed E-state index contributed by atoms with van der Waals surface area (Å²) in [6.07, 6.45) is 3.55. The number of nitrogens with zero attached hydrogens (tertiary/aromatic N) is 6. The standard InChI is InChI=1S/C19H21BrN8O2/c1-11(18(29)21-7-8-30-3)23-19-24-15-13(5-4-6-14(15)20)17-25-16(26-28(17)19)12-9-22-27(2)10-12/h4-6,9-11H,7-8H2,1-3H3,(H,21,29)(H,23,24)/t11-/m1/s1. The molecular formula is C19H21BrN8O2. The molecule has 0 unspecified atom stereocenters. The van der Waals surface area contributed by atoms with Gasteiger partial charge in [-0.15, -0.1) is 5.10 Å². The summed E-state index contributed by atoms with van der Waals surface area (Å²) in [6, 6.07) is 5.23. The van der Waals surface area contributed by atoms with Crippen LogP contribution in [0.1, 0.15) is 6.92 Å². The Morgan fingerprint density at radius 1 is 1.33 bits per heavy atom. The van der Waals surface area contributed by atoms with Gasteiger partial charge in [-0.05, 0) is 35.0 Å². The molecule has 4 rings (SSSR count). The highest BCUT2D eigenvalue weighted by Gasteiger charge is 2.20. The minimum atomic E-state index is -0.538. The molecule has 3 heterocycles. The first-order valence-electron chi connectivity index (χ1n) is 9.35. The Balaban J connectivity index is 1.78. The highest BCUT2D eigenvalue weighted by Crippen LogP contribution is 2.28. The van der Waals surface area contributed by atoms with Gasteiger partial charge >= 0.3 is 0 Å². The Kier molecular flexibility index (Phi) is 5.64. The average molecular weight is 473 g/mol. The van der Waals surface area contributed by atoms with E-state index in [-0.39, 0.29) is 5.91 Å². The van der Waals surface area contributed by atoms with Gasteiger partial charge in [0.25, 0.3) is 0 Å². The first-order chi connectivity index (χ1) is 14.5. The van der Waals surface area contributed by atoms with E-state index in [1.165, 1.54) is 0 Å². The molecule has 156 valence electrons. The number of para-hydroxylation sites is 1. The van der Waals surface area contributed by atoms with Crippen molar-refractivity contribution in [2.24, 2.45) is 7.05 Å². The summed E-state index contributed by atoms with van der Waals surface area (Å²) < 4.78 is 9.12. The summed E-state index contributed by atoms with van der Waals surface area (Å²) in [6.45, 7) is 2.64. The lowest BCUT2D eigenvalue weighted by Crippen LogP contribution is -2.39. The van der Waals surface area contributed by atoms with Crippen molar-refractivity contribution < 1.29 is 9.53 Å². The number of hydrogen-bond acceptors (Lipinski definition) is 7. The van der Waals surface area contributed by atoms with E-state index in [0.29, 0.717) is 30.6 Å². The van der Waals surface area contributed by atoms with Gasteiger partial charge < -0.3 is 15.4 Å². The average Bonchev–Trinajstić information content (AvgIpc) is 3.35. The highest BCUT2D eigenvalue weighted by molar-refractivity contribution is 9.10. The molecule has 0 saturated carbocycles. The molecule has 0 bridgehead atoms. The fourth-order valence-corrected chi connectivity index (χ4v) is 3.49. The second-order valence-corrected chi connectivity index (χ2v) is 7.65. The number of halogens is 1. The third kappa shape index (κ3) is 3.85. The summed E-state index contributed by atoms with van der Waals surface area (Å²) in [5.41, 5.74) is 2.15. The van der Waals surface area contributed by atoms with Gasteiger partial charge in [0.2, 0.25) is 11.9 Å². The summed E-state index contributed by atoms with van der Waals surface area (Å²) in [5.74, 6) is 0.779. The molecule has 0 aliphatic carbocycles. The molecule has 1 amide bonds. The van der Waals surface area contributed by atoms with Crippen LogP contribution in [0.4, 0.5) is 5.95 Å². The largest absolute Gasteiger partial charge is 0.383 e. The SMILES string of the molecule is COCCNC(=O)[C@@H](C)Nc1nc2c(Br)cccc2c2nc(-c3cnn(C)c3)nn12. The summed E-state index contributed by atoms with van der Waals surface area (Å²) in [4.78, 5) is 21.8. The van der Waals surface area contributed by atoms with Crippen molar-refractivity contribution in [3.8, 4) is 11.4 Å². The fraction of sp³-hybridized carbons (Fsp3) is 0.316. The molecule has 0 aliphatic rings. The van der Waals surface area contributed by atoms with Crippen LogP contribution in [-0.4, -0.2) is 61.6 Å². The van der Waals surface area contributed by atoms with E-state index in [9.17, 15) is 4.79 Å². The van der Waals surface area contributed by atoms with Crippen molar-refractivity contribution in [3.63, 3.8) is 0 Å². The number of carbonyl (C=O) groups excluding carboxylic acids is 1. The van der Waals surface area contributed by atoms with Gasteiger partial charge in [-0.1, -0.05) is 6.07 Å². The summed E-state index contributed by atoms with van der Waals surface area (Å²) in [5, 5.41) is 15.6. The molecule has 0 radical (unpaired) electrons. The quantitative estimate of drug-likeness (QED) is 0.395. The molecule has 30 heavy (non-hydrogen) atoms. The number of nitrogens with one attached hydrogen (secondary N) is 2. The van der Waals surface area contributed by atoms with Crippen LogP contribution in [0.15, 0.2) is 35.1 Å². The maximum atomic E-state index is 12.4. The van der Waals surface area contributed by atoms with E-state index in [1.807, 2.05) is 31.4 Å². The molecule has 2 N–H and O–H groups in total. The van der Waals surface area contributed by atoms with Crippen LogP contribution < -0.4 is 10.6 Å². The van der Waals surface area contributed by atoms with E-state index in [2.05, 4.69) is 36.8 Å². The zero-order valence-electron chi connectivity index (χ0n) is 16.8. The molecular weight excluding hydrogens is 452 g/mol. The lowest BCUT2D eigenvalue weighted by molar-refractivity contribution is -0.121. The van der Waals surface area contributed by atoms with Gasteiger partial charge in [-0.25, -0.2) is 9.97 Å². The van der Waals surface area contributed by atoms with Crippen molar-refractivity contribution in [2.45, 2.75) is 13.0 Å². The molecule has 1 aromatic carbocycles. The maximum absolute atomic E-state index is 12.4. The number of ether oxygens (including phenoxy) is 1. The second-order valence-electron chi connectivity index (χ2n) is 6.79.